The highest BCUT2D eigenvalue weighted by Gasteiger charge is 2.20. The van der Waals surface area contributed by atoms with Crippen LogP contribution >= 0.6 is 0 Å². The Morgan fingerprint density at radius 1 is 1.21 bits per heavy atom. The summed E-state index contributed by atoms with van der Waals surface area (Å²) in [6, 6.07) is 0.851. The fraction of sp³-hybridized carbons (Fsp3) is 1.00. The maximum Gasteiger partial charge on any atom is 0.0117 e. The molecule has 84 valence electrons. The smallest absolute Gasteiger partial charge is 0.0117 e. The molecule has 0 aliphatic carbocycles. The maximum absolute atomic E-state index is 2.57. The lowest BCUT2D eigenvalue weighted by atomic mass is 10.0. The number of hydrogen-bond donors (Lipinski definition) is 0. The molecule has 1 fully saturated rings. The summed E-state index contributed by atoms with van der Waals surface area (Å²) in [5.74, 6) is 0. The van der Waals surface area contributed by atoms with Gasteiger partial charge in [-0.3, -0.25) is 0 Å². The van der Waals surface area contributed by atoms with E-state index in [0.717, 1.165) is 6.04 Å². The minimum absolute atomic E-state index is 0.851. The molecule has 2 nitrogen and oxygen atoms in total. The van der Waals surface area contributed by atoms with Crippen molar-refractivity contribution in [2.75, 3.05) is 33.2 Å². The summed E-state index contributed by atoms with van der Waals surface area (Å²) in [6.07, 6.45) is 5.41. The number of piperidine rings is 1. The zero-order chi connectivity index (χ0) is 10.4. The Bertz CT molecular complexity index is 139. The number of rotatable bonds is 5. The van der Waals surface area contributed by atoms with Crippen LogP contribution in [0.5, 0.6) is 0 Å². The molecule has 1 heterocycles. The lowest BCUT2D eigenvalue weighted by Gasteiger charge is -2.36. The first kappa shape index (κ1) is 12.0. The van der Waals surface area contributed by atoms with E-state index in [-0.39, 0.29) is 0 Å². The second-order valence-corrected chi connectivity index (χ2v) is 4.50. The summed E-state index contributed by atoms with van der Waals surface area (Å²) in [7, 11) is 2.29. The zero-order valence-electron chi connectivity index (χ0n) is 10.1. The molecule has 0 aromatic heterocycles. The molecule has 14 heavy (non-hydrogen) atoms. The SMILES string of the molecule is CCCCN(C)C1CCN(CC)CC1. The molecule has 1 aliphatic rings. The standard InChI is InChI=1S/C12H26N2/c1-4-6-9-13(3)12-7-10-14(5-2)11-8-12/h12H,4-11H2,1-3H3. The van der Waals surface area contributed by atoms with Gasteiger partial charge in [0.25, 0.3) is 0 Å². The van der Waals surface area contributed by atoms with Crippen LogP contribution in [0.4, 0.5) is 0 Å². The summed E-state index contributed by atoms with van der Waals surface area (Å²) < 4.78 is 0. The molecule has 0 radical (unpaired) electrons. The first-order chi connectivity index (χ1) is 6.77. The predicted molar refractivity (Wildman–Crippen MR) is 62.7 cm³/mol. The van der Waals surface area contributed by atoms with Crippen LogP contribution in [0, 0.1) is 0 Å². The summed E-state index contributed by atoms with van der Waals surface area (Å²) in [5, 5.41) is 0. The van der Waals surface area contributed by atoms with Gasteiger partial charge in [-0.25, -0.2) is 0 Å². The molecule has 1 rings (SSSR count). The molecular weight excluding hydrogens is 172 g/mol. The van der Waals surface area contributed by atoms with Gasteiger partial charge in [0.1, 0.15) is 0 Å². The molecule has 2 heteroatoms. The Kier molecular flexibility index (Phi) is 5.49. The topological polar surface area (TPSA) is 6.48 Å². The Morgan fingerprint density at radius 2 is 1.86 bits per heavy atom. The van der Waals surface area contributed by atoms with Gasteiger partial charge in [-0.2, -0.15) is 0 Å². The van der Waals surface area contributed by atoms with Crippen LogP contribution in [0.15, 0.2) is 0 Å². The minimum atomic E-state index is 0.851. The van der Waals surface area contributed by atoms with Crippen LogP contribution in [0.25, 0.3) is 0 Å². The van der Waals surface area contributed by atoms with Crippen molar-refractivity contribution in [3.05, 3.63) is 0 Å². The molecule has 0 aromatic carbocycles. The van der Waals surface area contributed by atoms with Gasteiger partial charge < -0.3 is 9.80 Å². The lowest BCUT2D eigenvalue weighted by Crippen LogP contribution is -2.43. The van der Waals surface area contributed by atoms with Crippen LogP contribution in [-0.2, 0) is 0 Å². The first-order valence-electron chi connectivity index (χ1n) is 6.20. The van der Waals surface area contributed by atoms with Crippen molar-refractivity contribution in [2.45, 2.75) is 45.6 Å². The van der Waals surface area contributed by atoms with E-state index >= 15 is 0 Å². The highest BCUT2D eigenvalue weighted by atomic mass is 15.2. The Labute approximate surface area is 89.3 Å². The van der Waals surface area contributed by atoms with Crippen molar-refractivity contribution in [3.8, 4) is 0 Å². The molecule has 0 saturated carbocycles. The summed E-state index contributed by atoms with van der Waals surface area (Å²) in [5.41, 5.74) is 0. The maximum atomic E-state index is 2.57. The van der Waals surface area contributed by atoms with Gasteiger partial charge in [-0.1, -0.05) is 20.3 Å². The average molecular weight is 198 g/mol. The molecule has 0 N–H and O–H groups in total. The number of hydrogen-bond acceptors (Lipinski definition) is 2. The second-order valence-electron chi connectivity index (χ2n) is 4.50. The average Bonchev–Trinajstić information content (AvgIpc) is 2.26. The van der Waals surface area contributed by atoms with E-state index in [4.69, 9.17) is 0 Å². The van der Waals surface area contributed by atoms with Gasteiger partial charge in [0.15, 0.2) is 0 Å². The second kappa shape index (κ2) is 6.41. The van der Waals surface area contributed by atoms with E-state index in [1.807, 2.05) is 0 Å². The molecule has 0 amide bonds. The van der Waals surface area contributed by atoms with Crippen molar-refractivity contribution in [1.29, 1.82) is 0 Å². The van der Waals surface area contributed by atoms with Gasteiger partial charge >= 0.3 is 0 Å². The highest BCUT2D eigenvalue weighted by Crippen LogP contribution is 2.15. The number of unbranched alkanes of at least 4 members (excludes halogenated alkanes) is 1. The minimum Gasteiger partial charge on any atom is -0.303 e. The van der Waals surface area contributed by atoms with E-state index in [2.05, 4.69) is 30.7 Å². The molecule has 0 spiro atoms. The van der Waals surface area contributed by atoms with E-state index in [9.17, 15) is 0 Å². The summed E-state index contributed by atoms with van der Waals surface area (Å²) >= 11 is 0. The number of likely N-dealkylation sites (tertiary alicyclic amines) is 1. The molecule has 0 aromatic rings. The lowest BCUT2D eigenvalue weighted by molar-refractivity contribution is 0.130. The third kappa shape index (κ3) is 3.58. The third-order valence-electron chi connectivity index (χ3n) is 3.49. The molecule has 0 atom stereocenters. The van der Waals surface area contributed by atoms with E-state index in [0.29, 0.717) is 0 Å². The zero-order valence-corrected chi connectivity index (χ0v) is 10.1. The fourth-order valence-corrected chi connectivity index (χ4v) is 2.27. The number of nitrogens with zero attached hydrogens (tertiary/aromatic N) is 2. The van der Waals surface area contributed by atoms with Crippen LogP contribution in [-0.4, -0.2) is 49.1 Å². The van der Waals surface area contributed by atoms with Crippen LogP contribution in [0.2, 0.25) is 0 Å². The van der Waals surface area contributed by atoms with Crippen LogP contribution in [0.1, 0.15) is 39.5 Å². The normalized spacial score (nSPS) is 20.6. The largest absolute Gasteiger partial charge is 0.303 e. The summed E-state index contributed by atoms with van der Waals surface area (Å²) in [4.78, 5) is 5.13. The van der Waals surface area contributed by atoms with Gasteiger partial charge in [0.05, 0.1) is 0 Å². The van der Waals surface area contributed by atoms with E-state index < -0.39 is 0 Å². The van der Waals surface area contributed by atoms with Gasteiger partial charge in [0, 0.05) is 6.04 Å². The quantitative estimate of drug-likeness (QED) is 0.668. The van der Waals surface area contributed by atoms with E-state index in [1.165, 1.54) is 51.9 Å². The van der Waals surface area contributed by atoms with Crippen molar-refractivity contribution in [2.24, 2.45) is 0 Å². The van der Waals surface area contributed by atoms with Gasteiger partial charge in [-0.05, 0) is 52.5 Å². The first-order valence-corrected chi connectivity index (χ1v) is 6.20. The van der Waals surface area contributed by atoms with Crippen molar-refractivity contribution in [1.82, 2.24) is 9.80 Å². The Hall–Kier alpha value is -0.0800. The van der Waals surface area contributed by atoms with Gasteiger partial charge in [0.2, 0.25) is 0 Å². The van der Waals surface area contributed by atoms with Gasteiger partial charge in [-0.15, -0.1) is 0 Å². The summed E-state index contributed by atoms with van der Waals surface area (Å²) in [6.45, 7) is 9.66. The molecule has 1 aliphatic heterocycles. The fourth-order valence-electron chi connectivity index (χ4n) is 2.27. The van der Waals surface area contributed by atoms with Crippen LogP contribution < -0.4 is 0 Å². The molecule has 0 unspecified atom stereocenters. The predicted octanol–water partition coefficient (Wildman–Crippen LogP) is 2.20. The molecule has 1 saturated heterocycles. The van der Waals surface area contributed by atoms with Crippen molar-refractivity contribution in [3.63, 3.8) is 0 Å². The molecule has 0 bridgehead atoms. The third-order valence-corrected chi connectivity index (χ3v) is 3.49. The Balaban J connectivity index is 2.19. The van der Waals surface area contributed by atoms with Crippen molar-refractivity contribution >= 4 is 0 Å². The van der Waals surface area contributed by atoms with E-state index in [1.54, 1.807) is 0 Å². The monoisotopic (exact) mass is 198 g/mol. The highest BCUT2D eigenvalue weighted by molar-refractivity contribution is 4.77. The molecular formula is C12H26N2. The van der Waals surface area contributed by atoms with Crippen molar-refractivity contribution < 1.29 is 0 Å². The van der Waals surface area contributed by atoms with Crippen LogP contribution in [0.3, 0.4) is 0 Å². The Morgan fingerprint density at radius 3 is 2.36 bits per heavy atom.